The highest BCUT2D eigenvalue weighted by Crippen LogP contribution is 2.25. The predicted octanol–water partition coefficient (Wildman–Crippen LogP) is 3.46. The maximum absolute atomic E-state index is 12.5. The molecule has 0 spiro atoms. The predicted molar refractivity (Wildman–Crippen MR) is 107 cm³/mol. The lowest BCUT2D eigenvalue weighted by molar-refractivity contribution is -0.130. The zero-order valence-corrected chi connectivity index (χ0v) is 17.5. The fraction of sp³-hybridized carbons (Fsp3) is 0.526. The van der Waals surface area contributed by atoms with E-state index in [1.807, 2.05) is 43.9 Å². The molecule has 0 unspecified atom stereocenters. The summed E-state index contributed by atoms with van der Waals surface area (Å²) in [6, 6.07) is 7.92. The molecule has 2 aromatic rings. The summed E-state index contributed by atoms with van der Waals surface area (Å²) < 4.78 is 5.63. The van der Waals surface area contributed by atoms with Gasteiger partial charge < -0.3 is 9.32 Å². The van der Waals surface area contributed by atoms with Crippen LogP contribution in [0.15, 0.2) is 33.9 Å². The highest BCUT2D eigenvalue weighted by atomic mass is 35.5. The van der Waals surface area contributed by atoms with Gasteiger partial charge >= 0.3 is 0 Å². The van der Waals surface area contributed by atoms with Crippen LogP contribution >= 0.6 is 23.4 Å². The van der Waals surface area contributed by atoms with Gasteiger partial charge in [-0.3, -0.25) is 9.69 Å². The van der Waals surface area contributed by atoms with Crippen LogP contribution < -0.4 is 0 Å². The van der Waals surface area contributed by atoms with Gasteiger partial charge in [-0.25, -0.2) is 0 Å². The van der Waals surface area contributed by atoms with Crippen molar-refractivity contribution < 1.29 is 9.21 Å². The van der Waals surface area contributed by atoms with Gasteiger partial charge in [-0.05, 0) is 17.7 Å². The molecule has 1 saturated heterocycles. The van der Waals surface area contributed by atoms with E-state index in [0.29, 0.717) is 16.9 Å². The third-order valence-corrected chi connectivity index (χ3v) is 5.43. The summed E-state index contributed by atoms with van der Waals surface area (Å²) in [5.74, 6) is 1.02. The molecule has 8 heteroatoms. The second kappa shape index (κ2) is 8.63. The van der Waals surface area contributed by atoms with Crippen molar-refractivity contribution in [2.45, 2.75) is 38.0 Å². The molecule has 0 N–H and O–H groups in total. The Hall–Kier alpha value is -1.57. The number of benzene rings is 1. The first-order chi connectivity index (χ1) is 12.8. The molecule has 1 aromatic carbocycles. The normalized spacial score (nSPS) is 15.9. The van der Waals surface area contributed by atoms with Crippen LogP contribution in [0.5, 0.6) is 0 Å². The lowest BCUT2D eigenvalue weighted by Gasteiger charge is -2.34. The van der Waals surface area contributed by atoms with E-state index >= 15 is 0 Å². The number of piperazine rings is 1. The molecule has 1 aliphatic heterocycles. The molecule has 0 aliphatic carbocycles. The zero-order valence-electron chi connectivity index (χ0n) is 15.9. The van der Waals surface area contributed by atoms with Crippen molar-refractivity contribution in [3.63, 3.8) is 0 Å². The number of rotatable bonds is 5. The molecule has 1 aliphatic rings. The van der Waals surface area contributed by atoms with Crippen LogP contribution in [0.4, 0.5) is 0 Å². The lowest BCUT2D eigenvalue weighted by atomic mass is 9.97. The van der Waals surface area contributed by atoms with E-state index in [1.165, 1.54) is 17.3 Å². The average molecular weight is 409 g/mol. The van der Waals surface area contributed by atoms with Gasteiger partial charge in [0.2, 0.25) is 11.8 Å². The van der Waals surface area contributed by atoms with E-state index < -0.39 is 0 Å². The van der Waals surface area contributed by atoms with Crippen molar-refractivity contribution >= 4 is 29.3 Å². The van der Waals surface area contributed by atoms with E-state index in [2.05, 4.69) is 21.2 Å². The fourth-order valence-corrected chi connectivity index (χ4v) is 3.71. The Morgan fingerprint density at radius 2 is 1.96 bits per heavy atom. The summed E-state index contributed by atoms with van der Waals surface area (Å²) in [6.07, 6.45) is 0. The minimum absolute atomic E-state index is 0.109. The molecular formula is C19H25ClN4O2S. The van der Waals surface area contributed by atoms with Crippen molar-refractivity contribution in [1.29, 1.82) is 0 Å². The molecule has 0 atom stereocenters. The highest BCUT2D eigenvalue weighted by molar-refractivity contribution is 7.99. The van der Waals surface area contributed by atoms with Crippen LogP contribution in [0.1, 0.15) is 32.2 Å². The molecule has 1 amide bonds. The molecule has 146 valence electrons. The van der Waals surface area contributed by atoms with Crippen LogP contribution in [0.3, 0.4) is 0 Å². The fourth-order valence-electron chi connectivity index (χ4n) is 2.83. The highest BCUT2D eigenvalue weighted by Gasteiger charge is 2.24. The summed E-state index contributed by atoms with van der Waals surface area (Å²) >= 11 is 7.35. The lowest BCUT2D eigenvalue weighted by Crippen LogP contribution is -2.48. The van der Waals surface area contributed by atoms with Gasteiger partial charge in [0.1, 0.15) is 0 Å². The Balaban J connectivity index is 1.44. The van der Waals surface area contributed by atoms with E-state index in [-0.39, 0.29) is 11.3 Å². The molecule has 1 aromatic heterocycles. The largest absolute Gasteiger partial charge is 0.415 e. The smallest absolute Gasteiger partial charge is 0.277 e. The van der Waals surface area contributed by atoms with Crippen molar-refractivity contribution in [2.75, 3.05) is 31.9 Å². The van der Waals surface area contributed by atoms with E-state index in [0.717, 1.165) is 37.7 Å². The van der Waals surface area contributed by atoms with Crippen molar-refractivity contribution in [3.8, 4) is 0 Å². The molecule has 0 bridgehead atoms. The molecule has 1 fully saturated rings. The summed E-state index contributed by atoms with van der Waals surface area (Å²) in [5.41, 5.74) is 1.01. The van der Waals surface area contributed by atoms with Crippen LogP contribution in [0, 0.1) is 0 Å². The minimum Gasteiger partial charge on any atom is -0.415 e. The average Bonchev–Trinajstić information content (AvgIpc) is 3.10. The number of amides is 1. The van der Waals surface area contributed by atoms with Crippen LogP contribution in [0.25, 0.3) is 0 Å². The number of nitrogens with zero attached hydrogens (tertiary/aromatic N) is 4. The van der Waals surface area contributed by atoms with Crippen molar-refractivity contribution in [3.05, 3.63) is 40.7 Å². The van der Waals surface area contributed by atoms with Crippen LogP contribution in [-0.2, 0) is 16.8 Å². The van der Waals surface area contributed by atoms with Gasteiger partial charge in [0, 0.05) is 43.2 Å². The van der Waals surface area contributed by atoms with Gasteiger partial charge in [0.05, 0.1) is 5.75 Å². The van der Waals surface area contributed by atoms with Gasteiger partial charge in [-0.2, -0.15) is 0 Å². The van der Waals surface area contributed by atoms with E-state index in [9.17, 15) is 4.79 Å². The second-order valence-electron chi connectivity index (χ2n) is 7.70. The standard InChI is InChI=1S/C19H25ClN4O2S/c1-19(2,3)17-21-22-18(26-17)27-13-16(25)24-9-7-23(8-10-24)12-14-5-4-6-15(20)11-14/h4-6,11H,7-10,12-13H2,1-3H3. The Kier molecular flexibility index (Phi) is 6.44. The number of hydrogen-bond donors (Lipinski definition) is 0. The third kappa shape index (κ3) is 5.70. The number of halogens is 1. The minimum atomic E-state index is -0.185. The number of hydrogen-bond acceptors (Lipinski definition) is 6. The maximum Gasteiger partial charge on any atom is 0.277 e. The van der Waals surface area contributed by atoms with E-state index in [4.69, 9.17) is 16.0 Å². The monoisotopic (exact) mass is 408 g/mol. The molecule has 2 heterocycles. The number of carbonyl (C=O) groups is 1. The Labute approximate surface area is 169 Å². The van der Waals surface area contributed by atoms with Crippen molar-refractivity contribution in [2.24, 2.45) is 0 Å². The maximum atomic E-state index is 12.5. The molecule has 0 saturated carbocycles. The molecule has 3 rings (SSSR count). The van der Waals surface area contributed by atoms with Gasteiger partial charge in [0.15, 0.2) is 0 Å². The van der Waals surface area contributed by atoms with Crippen LogP contribution in [0.2, 0.25) is 5.02 Å². The first-order valence-corrected chi connectivity index (χ1v) is 10.4. The van der Waals surface area contributed by atoms with Gasteiger partial charge in [0.25, 0.3) is 5.22 Å². The number of thioether (sulfide) groups is 1. The molecule has 27 heavy (non-hydrogen) atoms. The van der Waals surface area contributed by atoms with E-state index in [1.54, 1.807) is 0 Å². The van der Waals surface area contributed by atoms with Gasteiger partial charge in [-0.1, -0.05) is 56.3 Å². The summed E-state index contributed by atoms with van der Waals surface area (Å²) in [4.78, 5) is 16.7. The first-order valence-electron chi connectivity index (χ1n) is 9.02. The first kappa shape index (κ1) is 20.2. The topological polar surface area (TPSA) is 62.5 Å². The third-order valence-electron chi connectivity index (χ3n) is 4.39. The number of carbonyl (C=O) groups excluding carboxylic acids is 1. The Morgan fingerprint density at radius 1 is 1.22 bits per heavy atom. The molecule has 0 radical (unpaired) electrons. The molecular weight excluding hydrogens is 384 g/mol. The van der Waals surface area contributed by atoms with Crippen molar-refractivity contribution in [1.82, 2.24) is 20.0 Å². The summed E-state index contributed by atoms with van der Waals surface area (Å²) in [5, 5.41) is 9.29. The summed E-state index contributed by atoms with van der Waals surface area (Å²) in [7, 11) is 0. The second-order valence-corrected chi connectivity index (χ2v) is 9.06. The zero-order chi connectivity index (χ0) is 19.4. The molecule has 6 nitrogen and oxygen atoms in total. The number of aromatic nitrogens is 2. The quantitative estimate of drug-likeness (QED) is 0.706. The SMILES string of the molecule is CC(C)(C)c1nnc(SCC(=O)N2CCN(Cc3cccc(Cl)c3)CC2)o1. The van der Waals surface area contributed by atoms with Crippen LogP contribution in [-0.4, -0.2) is 57.8 Å². The summed E-state index contributed by atoms with van der Waals surface area (Å²) in [6.45, 7) is 10.1. The Morgan fingerprint density at radius 3 is 2.59 bits per heavy atom. The Bertz CT molecular complexity index is 782. The van der Waals surface area contributed by atoms with Gasteiger partial charge in [-0.15, -0.1) is 10.2 Å².